The number of nitrogens with two attached hydrogens (primary N) is 1. The molecule has 1 nitrogen and oxygen atoms in total. The van der Waals surface area contributed by atoms with E-state index in [4.69, 9.17) is 5.73 Å². The lowest BCUT2D eigenvalue weighted by Crippen LogP contribution is -2.14. The van der Waals surface area contributed by atoms with Crippen LogP contribution in [-0.2, 0) is 5.41 Å². The molecule has 70 valence electrons. The molecule has 0 heterocycles. The van der Waals surface area contributed by atoms with Crippen molar-refractivity contribution in [3.8, 4) is 0 Å². The molecule has 0 aliphatic heterocycles. The highest BCUT2D eigenvalue weighted by Gasteiger charge is 2.34. The molecule has 0 spiro atoms. The first-order valence-corrected chi connectivity index (χ1v) is 5.35. The van der Waals surface area contributed by atoms with Crippen molar-refractivity contribution in [2.24, 2.45) is 5.73 Å². The molecule has 0 aromatic heterocycles. The zero-order valence-corrected chi connectivity index (χ0v) is 9.56. The summed E-state index contributed by atoms with van der Waals surface area (Å²) < 4.78 is 1.15. The Balaban J connectivity index is 2.60. The highest BCUT2D eigenvalue weighted by molar-refractivity contribution is 9.10. The van der Waals surface area contributed by atoms with E-state index in [1.165, 1.54) is 11.1 Å². The van der Waals surface area contributed by atoms with Crippen molar-refractivity contribution in [3.05, 3.63) is 33.8 Å². The van der Waals surface area contributed by atoms with Crippen LogP contribution < -0.4 is 5.73 Å². The molecule has 1 aromatic carbocycles. The summed E-state index contributed by atoms with van der Waals surface area (Å²) in [6.07, 6.45) is 1.05. The minimum absolute atomic E-state index is 0.220. The SMILES string of the molecule is CC1(C)C[C@H](N)c2ccc(Br)cc21. The van der Waals surface area contributed by atoms with E-state index < -0.39 is 0 Å². The predicted octanol–water partition coefficient (Wildman–Crippen LogP) is 3.13. The highest BCUT2D eigenvalue weighted by Crippen LogP contribution is 2.44. The quantitative estimate of drug-likeness (QED) is 0.740. The monoisotopic (exact) mass is 239 g/mol. The van der Waals surface area contributed by atoms with E-state index in [2.05, 4.69) is 48.0 Å². The van der Waals surface area contributed by atoms with Gasteiger partial charge in [-0.3, -0.25) is 0 Å². The number of rotatable bonds is 0. The topological polar surface area (TPSA) is 26.0 Å². The lowest BCUT2D eigenvalue weighted by atomic mass is 9.86. The van der Waals surface area contributed by atoms with Gasteiger partial charge in [-0.1, -0.05) is 35.8 Å². The minimum Gasteiger partial charge on any atom is -0.324 e. The second-order valence-electron chi connectivity index (χ2n) is 4.43. The molecule has 2 rings (SSSR count). The maximum absolute atomic E-state index is 6.06. The minimum atomic E-state index is 0.220. The van der Waals surface area contributed by atoms with Crippen LogP contribution in [0, 0.1) is 0 Å². The predicted molar refractivity (Wildman–Crippen MR) is 58.7 cm³/mol. The summed E-state index contributed by atoms with van der Waals surface area (Å²) in [7, 11) is 0. The highest BCUT2D eigenvalue weighted by atomic mass is 79.9. The van der Waals surface area contributed by atoms with Gasteiger partial charge < -0.3 is 5.73 Å². The van der Waals surface area contributed by atoms with Gasteiger partial charge in [-0.25, -0.2) is 0 Å². The Hall–Kier alpha value is -0.340. The molecular weight excluding hydrogens is 226 g/mol. The lowest BCUT2D eigenvalue weighted by molar-refractivity contribution is 0.481. The normalized spacial score (nSPS) is 24.5. The standard InChI is InChI=1S/C11H14BrN/c1-11(2)6-10(13)8-4-3-7(12)5-9(8)11/h3-5,10H,6,13H2,1-2H3/t10-/m0/s1. The average Bonchev–Trinajstić information content (AvgIpc) is 2.23. The van der Waals surface area contributed by atoms with Gasteiger partial charge in [0.05, 0.1) is 0 Å². The van der Waals surface area contributed by atoms with Gasteiger partial charge in [0.2, 0.25) is 0 Å². The Kier molecular flexibility index (Phi) is 2.00. The second-order valence-corrected chi connectivity index (χ2v) is 5.34. The molecule has 0 bridgehead atoms. The molecule has 0 radical (unpaired) electrons. The summed E-state index contributed by atoms with van der Waals surface area (Å²) in [5, 5.41) is 0. The Morgan fingerprint density at radius 3 is 2.85 bits per heavy atom. The van der Waals surface area contributed by atoms with Crippen molar-refractivity contribution in [1.29, 1.82) is 0 Å². The molecule has 0 saturated heterocycles. The van der Waals surface area contributed by atoms with Crippen LogP contribution in [0.25, 0.3) is 0 Å². The van der Waals surface area contributed by atoms with Crippen molar-refractivity contribution < 1.29 is 0 Å². The van der Waals surface area contributed by atoms with Crippen LogP contribution in [0.5, 0.6) is 0 Å². The molecule has 2 heteroatoms. The van der Waals surface area contributed by atoms with Crippen LogP contribution in [0.15, 0.2) is 22.7 Å². The Morgan fingerprint density at radius 1 is 1.46 bits per heavy atom. The van der Waals surface area contributed by atoms with E-state index >= 15 is 0 Å². The number of fused-ring (bicyclic) bond motifs is 1. The van der Waals surface area contributed by atoms with E-state index in [0.717, 1.165) is 10.9 Å². The van der Waals surface area contributed by atoms with E-state index in [9.17, 15) is 0 Å². The molecule has 1 aliphatic rings. The molecule has 0 fully saturated rings. The zero-order chi connectivity index (χ0) is 9.64. The summed E-state index contributed by atoms with van der Waals surface area (Å²) >= 11 is 3.50. The second kappa shape index (κ2) is 2.82. The van der Waals surface area contributed by atoms with Crippen molar-refractivity contribution in [2.45, 2.75) is 31.7 Å². The summed E-state index contributed by atoms with van der Waals surface area (Å²) in [5.41, 5.74) is 9.00. The maximum atomic E-state index is 6.06. The van der Waals surface area contributed by atoms with Crippen LogP contribution >= 0.6 is 15.9 Å². The van der Waals surface area contributed by atoms with Crippen molar-refractivity contribution in [2.75, 3.05) is 0 Å². The molecule has 0 unspecified atom stereocenters. The van der Waals surface area contributed by atoms with Gasteiger partial charge in [-0.05, 0) is 35.1 Å². The van der Waals surface area contributed by atoms with Gasteiger partial charge in [-0.2, -0.15) is 0 Å². The molecule has 2 N–H and O–H groups in total. The summed E-state index contributed by atoms with van der Waals surface area (Å²) in [5.74, 6) is 0. The number of hydrogen-bond donors (Lipinski definition) is 1. The average molecular weight is 240 g/mol. The molecule has 1 atom stereocenters. The third-order valence-electron chi connectivity index (χ3n) is 2.87. The lowest BCUT2D eigenvalue weighted by Gasteiger charge is -2.18. The first-order chi connectivity index (χ1) is 6.00. The number of halogens is 1. The van der Waals surface area contributed by atoms with Gasteiger partial charge >= 0.3 is 0 Å². The fraction of sp³-hybridized carbons (Fsp3) is 0.455. The molecule has 0 saturated carbocycles. The van der Waals surface area contributed by atoms with Gasteiger partial charge in [0, 0.05) is 10.5 Å². The Bertz CT molecular complexity index is 344. The van der Waals surface area contributed by atoms with Crippen LogP contribution in [0.4, 0.5) is 0 Å². The smallest absolute Gasteiger partial charge is 0.0306 e. The molecular formula is C11H14BrN. The zero-order valence-electron chi connectivity index (χ0n) is 7.97. The van der Waals surface area contributed by atoms with Crippen molar-refractivity contribution >= 4 is 15.9 Å². The van der Waals surface area contributed by atoms with Gasteiger partial charge in [0.1, 0.15) is 0 Å². The van der Waals surface area contributed by atoms with E-state index in [-0.39, 0.29) is 11.5 Å². The summed E-state index contributed by atoms with van der Waals surface area (Å²) in [6.45, 7) is 4.51. The fourth-order valence-corrected chi connectivity index (χ4v) is 2.57. The Morgan fingerprint density at radius 2 is 2.15 bits per heavy atom. The molecule has 13 heavy (non-hydrogen) atoms. The maximum Gasteiger partial charge on any atom is 0.0306 e. The van der Waals surface area contributed by atoms with Crippen LogP contribution in [-0.4, -0.2) is 0 Å². The number of benzene rings is 1. The van der Waals surface area contributed by atoms with E-state index in [0.29, 0.717) is 0 Å². The first kappa shape index (κ1) is 9.22. The van der Waals surface area contributed by atoms with Gasteiger partial charge in [0.25, 0.3) is 0 Å². The van der Waals surface area contributed by atoms with Crippen LogP contribution in [0.1, 0.15) is 37.4 Å². The van der Waals surface area contributed by atoms with Gasteiger partial charge in [-0.15, -0.1) is 0 Å². The molecule has 0 amide bonds. The summed E-state index contributed by atoms with van der Waals surface area (Å²) in [6, 6.07) is 6.62. The number of hydrogen-bond acceptors (Lipinski definition) is 1. The molecule has 1 aliphatic carbocycles. The van der Waals surface area contributed by atoms with Crippen molar-refractivity contribution in [3.63, 3.8) is 0 Å². The molecule has 1 aromatic rings. The van der Waals surface area contributed by atoms with Crippen LogP contribution in [0.2, 0.25) is 0 Å². The third-order valence-corrected chi connectivity index (χ3v) is 3.37. The third kappa shape index (κ3) is 1.42. The largest absolute Gasteiger partial charge is 0.324 e. The van der Waals surface area contributed by atoms with E-state index in [1.807, 2.05) is 0 Å². The summed E-state index contributed by atoms with van der Waals surface area (Å²) in [4.78, 5) is 0. The van der Waals surface area contributed by atoms with Crippen LogP contribution in [0.3, 0.4) is 0 Å². The Labute approximate surface area is 87.5 Å². The van der Waals surface area contributed by atoms with Crippen molar-refractivity contribution in [1.82, 2.24) is 0 Å². The first-order valence-electron chi connectivity index (χ1n) is 4.56. The van der Waals surface area contributed by atoms with Gasteiger partial charge in [0.15, 0.2) is 0 Å². The van der Waals surface area contributed by atoms with E-state index in [1.54, 1.807) is 0 Å². The fourth-order valence-electron chi connectivity index (χ4n) is 2.21.